The van der Waals surface area contributed by atoms with Crippen LogP contribution in [0.5, 0.6) is 0 Å². The monoisotopic (exact) mass is 168 g/mol. The van der Waals surface area contributed by atoms with Gasteiger partial charge in [0, 0.05) is 0 Å². The Kier molecular flexibility index (Phi) is 2.62. The molecule has 1 nitrogen and oxygen atoms in total. The van der Waals surface area contributed by atoms with Gasteiger partial charge in [0.1, 0.15) is 0 Å². The third-order valence-corrected chi connectivity index (χ3v) is 3.02. The van der Waals surface area contributed by atoms with Crippen molar-refractivity contribution in [2.75, 3.05) is 0 Å². The largest absolute Gasteiger partial charge is 0.386 e. The van der Waals surface area contributed by atoms with Crippen LogP contribution in [0.1, 0.15) is 40.5 Å². The molecule has 0 amide bonds. The van der Waals surface area contributed by atoms with Gasteiger partial charge in [-0.25, -0.2) is 0 Å². The van der Waals surface area contributed by atoms with Crippen molar-refractivity contribution in [1.82, 2.24) is 0 Å². The lowest BCUT2D eigenvalue weighted by Crippen LogP contribution is -2.26. The minimum Gasteiger partial charge on any atom is -0.386 e. The topological polar surface area (TPSA) is 20.2 Å². The molecule has 2 atom stereocenters. The van der Waals surface area contributed by atoms with Crippen molar-refractivity contribution in [1.29, 1.82) is 0 Å². The summed E-state index contributed by atoms with van der Waals surface area (Å²) in [4.78, 5) is 0. The molecule has 0 aromatic heterocycles. The van der Waals surface area contributed by atoms with Crippen LogP contribution >= 0.6 is 0 Å². The zero-order valence-corrected chi connectivity index (χ0v) is 8.59. The van der Waals surface area contributed by atoms with Crippen molar-refractivity contribution >= 4 is 0 Å². The molecular formula is C11H20O. The van der Waals surface area contributed by atoms with E-state index in [0.29, 0.717) is 5.92 Å². The van der Waals surface area contributed by atoms with Crippen LogP contribution in [-0.2, 0) is 0 Å². The highest BCUT2D eigenvalue weighted by Crippen LogP contribution is 2.33. The minimum atomic E-state index is -0.603. The number of hydrogen-bond donors (Lipinski definition) is 1. The number of hydrogen-bond acceptors (Lipinski definition) is 1. The maximum absolute atomic E-state index is 9.78. The van der Waals surface area contributed by atoms with Crippen LogP contribution in [0, 0.1) is 11.8 Å². The number of rotatable bonds is 1. The summed E-state index contributed by atoms with van der Waals surface area (Å²) < 4.78 is 0. The van der Waals surface area contributed by atoms with Crippen LogP contribution in [0.15, 0.2) is 11.6 Å². The highest BCUT2D eigenvalue weighted by molar-refractivity contribution is 5.17. The molecule has 1 aliphatic carbocycles. The Labute approximate surface area is 75.5 Å². The Morgan fingerprint density at radius 2 is 2.00 bits per heavy atom. The summed E-state index contributed by atoms with van der Waals surface area (Å²) >= 11 is 0. The maximum Gasteiger partial charge on any atom is 0.0800 e. The van der Waals surface area contributed by atoms with Gasteiger partial charge in [0.05, 0.1) is 5.60 Å². The van der Waals surface area contributed by atoms with Gasteiger partial charge in [0.25, 0.3) is 0 Å². The molecule has 70 valence electrons. The summed E-state index contributed by atoms with van der Waals surface area (Å²) in [5.74, 6) is 1.40. The van der Waals surface area contributed by atoms with Gasteiger partial charge >= 0.3 is 0 Å². The second-order valence-electron chi connectivity index (χ2n) is 4.63. The van der Waals surface area contributed by atoms with Crippen molar-refractivity contribution in [2.24, 2.45) is 11.8 Å². The van der Waals surface area contributed by atoms with E-state index in [-0.39, 0.29) is 0 Å². The van der Waals surface area contributed by atoms with Crippen LogP contribution in [0.3, 0.4) is 0 Å². The normalized spacial score (nSPS) is 31.6. The SMILES string of the molecule is CC1C=C(C(C)(C)O)CCC1C. The first-order valence-corrected chi connectivity index (χ1v) is 4.85. The molecular weight excluding hydrogens is 148 g/mol. The molecule has 0 bridgehead atoms. The van der Waals surface area contributed by atoms with Crippen molar-refractivity contribution in [2.45, 2.75) is 46.1 Å². The molecule has 0 aromatic carbocycles. The van der Waals surface area contributed by atoms with E-state index in [0.717, 1.165) is 12.3 Å². The third kappa shape index (κ3) is 2.10. The lowest BCUT2D eigenvalue weighted by molar-refractivity contribution is 0.110. The van der Waals surface area contributed by atoms with Crippen molar-refractivity contribution in [3.8, 4) is 0 Å². The Morgan fingerprint density at radius 3 is 2.42 bits per heavy atom. The van der Waals surface area contributed by atoms with E-state index >= 15 is 0 Å². The zero-order chi connectivity index (χ0) is 9.35. The Hall–Kier alpha value is -0.300. The molecule has 0 fully saturated rings. The van der Waals surface area contributed by atoms with Gasteiger partial charge in [0.15, 0.2) is 0 Å². The summed E-state index contributed by atoms with van der Waals surface area (Å²) in [5, 5.41) is 9.78. The molecule has 0 aliphatic heterocycles. The van der Waals surface area contributed by atoms with E-state index in [1.165, 1.54) is 12.0 Å². The van der Waals surface area contributed by atoms with E-state index in [2.05, 4.69) is 19.9 Å². The van der Waals surface area contributed by atoms with Crippen molar-refractivity contribution < 1.29 is 5.11 Å². The Morgan fingerprint density at radius 1 is 1.42 bits per heavy atom. The molecule has 1 heteroatoms. The fourth-order valence-electron chi connectivity index (χ4n) is 1.72. The van der Waals surface area contributed by atoms with E-state index in [4.69, 9.17) is 0 Å². The van der Waals surface area contributed by atoms with Crippen molar-refractivity contribution in [3.05, 3.63) is 11.6 Å². The molecule has 0 radical (unpaired) electrons. The lowest BCUT2D eigenvalue weighted by atomic mass is 9.78. The highest BCUT2D eigenvalue weighted by Gasteiger charge is 2.25. The molecule has 0 aromatic rings. The average Bonchev–Trinajstić information content (AvgIpc) is 1.92. The fraction of sp³-hybridized carbons (Fsp3) is 0.818. The molecule has 12 heavy (non-hydrogen) atoms. The predicted molar refractivity (Wildman–Crippen MR) is 51.9 cm³/mol. The summed E-state index contributed by atoms with van der Waals surface area (Å²) in [7, 11) is 0. The zero-order valence-electron chi connectivity index (χ0n) is 8.59. The average molecular weight is 168 g/mol. The molecule has 1 aliphatic rings. The molecule has 0 spiro atoms. The van der Waals surface area contributed by atoms with Gasteiger partial charge in [-0.15, -0.1) is 0 Å². The van der Waals surface area contributed by atoms with Gasteiger partial charge in [-0.2, -0.15) is 0 Å². The second-order valence-corrected chi connectivity index (χ2v) is 4.63. The van der Waals surface area contributed by atoms with Crippen LogP contribution in [0.25, 0.3) is 0 Å². The van der Waals surface area contributed by atoms with Crippen LogP contribution < -0.4 is 0 Å². The maximum atomic E-state index is 9.78. The van der Waals surface area contributed by atoms with Gasteiger partial charge in [-0.05, 0) is 44.1 Å². The van der Waals surface area contributed by atoms with E-state index in [1.54, 1.807) is 0 Å². The van der Waals surface area contributed by atoms with Gasteiger partial charge in [-0.1, -0.05) is 19.9 Å². The van der Waals surface area contributed by atoms with Crippen LogP contribution in [0.2, 0.25) is 0 Å². The first-order valence-electron chi connectivity index (χ1n) is 4.85. The molecule has 0 saturated carbocycles. The quantitative estimate of drug-likeness (QED) is 0.597. The predicted octanol–water partition coefficient (Wildman–Crippen LogP) is 2.75. The van der Waals surface area contributed by atoms with Crippen LogP contribution in [0.4, 0.5) is 0 Å². The van der Waals surface area contributed by atoms with Crippen LogP contribution in [-0.4, -0.2) is 10.7 Å². The summed E-state index contributed by atoms with van der Waals surface area (Å²) in [6.45, 7) is 8.26. The summed E-state index contributed by atoms with van der Waals surface area (Å²) in [5.41, 5.74) is 0.613. The molecule has 1 rings (SSSR count). The van der Waals surface area contributed by atoms with Gasteiger partial charge < -0.3 is 5.11 Å². The first kappa shape index (κ1) is 9.79. The summed E-state index contributed by atoms with van der Waals surface area (Å²) in [6, 6.07) is 0. The van der Waals surface area contributed by atoms with Gasteiger partial charge in [0.2, 0.25) is 0 Å². The minimum absolute atomic E-state index is 0.603. The van der Waals surface area contributed by atoms with Crippen molar-refractivity contribution in [3.63, 3.8) is 0 Å². The van der Waals surface area contributed by atoms with E-state index in [1.807, 2.05) is 13.8 Å². The first-order chi connectivity index (χ1) is 5.41. The molecule has 0 saturated heterocycles. The lowest BCUT2D eigenvalue weighted by Gasteiger charge is -2.30. The Balaban J connectivity index is 2.75. The second kappa shape index (κ2) is 3.21. The van der Waals surface area contributed by atoms with E-state index in [9.17, 15) is 5.11 Å². The molecule has 2 unspecified atom stereocenters. The molecule has 0 heterocycles. The smallest absolute Gasteiger partial charge is 0.0800 e. The third-order valence-electron chi connectivity index (χ3n) is 3.02. The molecule has 1 N–H and O–H groups in total. The Bertz CT molecular complexity index is 186. The highest BCUT2D eigenvalue weighted by atomic mass is 16.3. The van der Waals surface area contributed by atoms with E-state index < -0.39 is 5.60 Å². The number of allylic oxidation sites excluding steroid dienone is 1. The summed E-state index contributed by atoms with van der Waals surface area (Å²) in [6.07, 6.45) is 4.53. The standard InChI is InChI=1S/C11H20O/c1-8-5-6-10(7-9(8)2)11(3,4)12/h7-9,12H,5-6H2,1-4H3. The van der Waals surface area contributed by atoms with Gasteiger partial charge in [-0.3, -0.25) is 0 Å². The number of aliphatic hydroxyl groups is 1. The fourth-order valence-corrected chi connectivity index (χ4v) is 1.72.